The molecule has 0 N–H and O–H groups in total. The molecule has 2 aromatic carbocycles. The van der Waals surface area contributed by atoms with E-state index in [1.165, 1.54) is 11.1 Å². The van der Waals surface area contributed by atoms with Crippen molar-refractivity contribution in [3.8, 4) is 5.69 Å². The molecule has 1 fully saturated rings. The van der Waals surface area contributed by atoms with E-state index >= 15 is 0 Å². The molecule has 4 rings (SSSR count). The maximum absolute atomic E-state index is 12.9. The minimum atomic E-state index is 0.0893. The van der Waals surface area contributed by atoms with Crippen LogP contribution in [0.2, 0.25) is 0 Å². The Morgan fingerprint density at radius 2 is 1.65 bits per heavy atom. The number of aryl methyl sites for hydroxylation is 1. The van der Waals surface area contributed by atoms with Crippen molar-refractivity contribution in [3.63, 3.8) is 0 Å². The van der Waals surface area contributed by atoms with Crippen LogP contribution in [-0.2, 0) is 12.0 Å². The highest BCUT2D eigenvalue weighted by molar-refractivity contribution is 5.94. The van der Waals surface area contributed by atoms with Crippen LogP contribution in [0.3, 0.4) is 0 Å². The lowest BCUT2D eigenvalue weighted by atomic mass is 9.86. The fraction of sp³-hybridized carbons (Fsp3) is 0.400. The standard InChI is InChI=1S/C25H31N5O/c1-19-7-5-6-8-22(19)30-18-26-27-23(30)17-28-13-15-29(16-14-28)24(31)20-9-11-21(12-10-20)25(2,3)4/h5-12,18H,13-17H2,1-4H3. The van der Waals surface area contributed by atoms with Crippen LogP contribution in [0.25, 0.3) is 5.69 Å². The molecule has 0 radical (unpaired) electrons. The van der Waals surface area contributed by atoms with Crippen molar-refractivity contribution < 1.29 is 4.79 Å². The third kappa shape index (κ3) is 4.69. The van der Waals surface area contributed by atoms with Crippen LogP contribution >= 0.6 is 0 Å². The van der Waals surface area contributed by atoms with Gasteiger partial charge in [-0.15, -0.1) is 10.2 Å². The number of amides is 1. The average molecular weight is 418 g/mol. The summed E-state index contributed by atoms with van der Waals surface area (Å²) in [6.07, 6.45) is 1.78. The predicted octanol–water partition coefficient (Wildman–Crippen LogP) is 3.83. The van der Waals surface area contributed by atoms with Crippen molar-refractivity contribution in [3.05, 3.63) is 77.4 Å². The molecule has 0 saturated carbocycles. The van der Waals surface area contributed by atoms with Crippen LogP contribution in [0.1, 0.15) is 48.1 Å². The van der Waals surface area contributed by atoms with Gasteiger partial charge in [0.2, 0.25) is 0 Å². The second kappa shape index (κ2) is 8.63. The fourth-order valence-corrected chi connectivity index (χ4v) is 4.01. The van der Waals surface area contributed by atoms with E-state index in [4.69, 9.17) is 0 Å². The molecule has 1 amide bonds. The zero-order valence-electron chi connectivity index (χ0n) is 18.9. The second-order valence-corrected chi connectivity index (χ2v) is 9.30. The van der Waals surface area contributed by atoms with Gasteiger partial charge in [0, 0.05) is 31.7 Å². The van der Waals surface area contributed by atoms with Gasteiger partial charge in [-0.1, -0.05) is 51.1 Å². The minimum absolute atomic E-state index is 0.0893. The summed E-state index contributed by atoms with van der Waals surface area (Å²) < 4.78 is 2.06. The highest BCUT2D eigenvalue weighted by Gasteiger charge is 2.24. The van der Waals surface area contributed by atoms with Gasteiger partial charge >= 0.3 is 0 Å². The molecule has 0 spiro atoms. The summed E-state index contributed by atoms with van der Waals surface area (Å²) in [7, 11) is 0. The summed E-state index contributed by atoms with van der Waals surface area (Å²) in [5.41, 5.74) is 4.39. The van der Waals surface area contributed by atoms with Crippen molar-refractivity contribution >= 4 is 5.91 Å². The first-order valence-corrected chi connectivity index (χ1v) is 10.9. The summed E-state index contributed by atoms with van der Waals surface area (Å²) in [5, 5.41) is 8.48. The molecule has 0 aliphatic carbocycles. The molecule has 0 unspecified atom stereocenters. The molecule has 1 aliphatic rings. The van der Waals surface area contributed by atoms with Gasteiger partial charge in [-0.2, -0.15) is 0 Å². The number of para-hydroxylation sites is 1. The van der Waals surface area contributed by atoms with Gasteiger partial charge in [0.25, 0.3) is 5.91 Å². The molecule has 1 aliphatic heterocycles. The number of nitrogens with zero attached hydrogens (tertiary/aromatic N) is 5. The number of hydrogen-bond donors (Lipinski definition) is 0. The monoisotopic (exact) mass is 417 g/mol. The Hall–Kier alpha value is -2.99. The molecule has 3 aromatic rings. The SMILES string of the molecule is Cc1ccccc1-n1cnnc1CN1CCN(C(=O)c2ccc(C(C)(C)C)cc2)CC1. The summed E-state index contributed by atoms with van der Waals surface area (Å²) in [6, 6.07) is 16.3. The Balaban J connectivity index is 1.37. The zero-order chi connectivity index (χ0) is 22.0. The van der Waals surface area contributed by atoms with Crippen LogP contribution in [0.15, 0.2) is 54.9 Å². The highest BCUT2D eigenvalue weighted by Crippen LogP contribution is 2.23. The molecule has 0 atom stereocenters. The zero-order valence-corrected chi connectivity index (χ0v) is 18.9. The molecule has 6 nitrogen and oxygen atoms in total. The van der Waals surface area contributed by atoms with Crippen LogP contribution in [0.4, 0.5) is 0 Å². The number of hydrogen-bond acceptors (Lipinski definition) is 4. The number of carbonyl (C=O) groups is 1. The van der Waals surface area contributed by atoms with Crippen LogP contribution in [-0.4, -0.2) is 56.7 Å². The van der Waals surface area contributed by atoms with E-state index in [9.17, 15) is 4.79 Å². The summed E-state index contributed by atoms with van der Waals surface area (Å²) in [4.78, 5) is 17.2. The predicted molar refractivity (Wildman–Crippen MR) is 122 cm³/mol. The normalized spacial score (nSPS) is 15.3. The van der Waals surface area contributed by atoms with Gasteiger partial charge in [0.1, 0.15) is 6.33 Å². The van der Waals surface area contributed by atoms with Crippen molar-refractivity contribution in [2.45, 2.75) is 39.7 Å². The van der Waals surface area contributed by atoms with E-state index in [0.29, 0.717) is 0 Å². The van der Waals surface area contributed by atoms with E-state index in [1.807, 2.05) is 29.2 Å². The van der Waals surface area contributed by atoms with Gasteiger partial charge in [0.05, 0.1) is 12.2 Å². The summed E-state index contributed by atoms with van der Waals surface area (Å²) in [6.45, 7) is 12.5. The van der Waals surface area contributed by atoms with E-state index < -0.39 is 0 Å². The Morgan fingerprint density at radius 1 is 0.968 bits per heavy atom. The van der Waals surface area contributed by atoms with Gasteiger partial charge in [-0.05, 0) is 41.7 Å². The van der Waals surface area contributed by atoms with Crippen molar-refractivity contribution in [1.29, 1.82) is 0 Å². The average Bonchev–Trinajstić information content (AvgIpc) is 3.21. The highest BCUT2D eigenvalue weighted by atomic mass is 16.2. The van der Waals surface area contributed by atoms with Crippen molar-refractivity contribution in [2.75, 3.05) is 26.2 Å². The van der Waals surface area contributed by atoms with Gasteiger partial charge in [0.15, 0.2) is 5.82 Å². The summed E-state index contributed by atoms with van der Waals surface area (Å²) in [5.74, 6) is 1.04. The second-order valence-electron chi connectivity index (χ2n) is 9.30. The molecule has 162 valence electrons. The van der Waals surface area contributed by atoms with Crippen LogP contribution in [0, 0.1) is 6.92 Å². The third-order valence-corrected chi connectivity index (χ3v) is 6.02. The van der Waals surface area contributed by atoms with Crippen LogP contribution < -0.4 is 0 Å². The smallest absolute Gasteiger partial charge is 0.253 e. The Bertz CT molecular complexity index is 1040. The quantitative estimate of drug-likeness (QED) is 0.647. The Morgan fingerprint density at radius 3 is 2.29 bits per heavy atom. The maximum atomic E-state index is 12.9. The first-order chi connectivity index (χ1) is 14.8. The number of rotatable bonds is 4. The van der Waals surface area contributed by atoms with Crippen LogP contribution in [0.5, 0.6) is 0 Å². The Labute approximate surface area is 184 Å². The molecular weight excluding hydrogens is 386 g/mol. The lowest BCUT2D eigenvalue weighted by Gasteiger charge is -2.34. The van der Waals surface area contributed by atoms with Gasteiger partial charge in [-0.25, -0.2) is 0 Å². The van der Waals surface area contributed by atoms with Gasteiger partial charge < -0.3 is 4.90 Å². The van der Waals surface area contributed by atoms with E-state index in [0.717, 1.165) is 49.8 Å². The van der Waals surface area contributed by atoms with Gasteiger partial charge in [-0.3, -0.25) is 14.3 Å². The molecule has 1 aromatic heterocycles. The molecule has 2 heterocycles. The fourth-order valence-electron chi connectivity index (χ4n) is 4.01. The first-order valence-electron chi connectivity index (χ1n) is 10.9. The molecule has 31 heavy (non-hydrogen) atoms. The molecule has 6 heteroatoms. The first kappa shape index (κ1) is 21.2. The lowest BCUT2D eigenvalue weighted by molar-refractivity contribution is 0.0624. The lowest BCUT2D eigenvalue weighted by Crippen LogP contribution is -2.48. The molecule has 1 saturated heterocycles. The van der Waals surface area contributed by atoms with Crippen molar-refractivity contribution in [2.24, 2.45) is 0 Å². The number of benzene rings is 2. The largest absolute Gasteiger partial charge is 0.336 e. The number of piperazine rings is 1. The molecular formula is C25H31N5O. The third-order valence-electron chi connectivity index (χ3n) is 6.02. The van der Waals surface area contributed by atoms with E-state index in [-0.39, 0.29) is 11.3 Å². The number of aromatic nitrogens is 3. The summed E-state index contributed by atoms with van der Waals surface area (Å²) >= 11 is 0. The van der Waals surface area contributed by atoms with Crippen molar-refractivity contribution in [1.82, 2.24) is 24.6 Å². The van der Waals surface area contributed by atoms with E-state index in [1.54, 1.807) is 6.33 Å². The topological polar surface area (TPSA) is 54.3 Å². The maximum Gasteiger partial charge on any atom is 0.253 e. The van der Waals surface area contributed by atoms with E-state index in [2.05, 4.69) is 71.6 Å². The Kier molecular flexibility index (Phi) is 5.92. The molecule has 0 bridgehead atoms. The number of carbonyl (C=O) groups excluding carboxylic acids is 1. The minimum Gasteiger partial charge on any atom is -0.336 e.